The molecule has 1 aliphatic heterocycles. The van der Waals surface area contributed by atoms with Gasteiger partial charge in [0.25, 0.3) is 0 Å². The summed E-state index contributed by atoms with van der Waals surface area (Å²) >= 11 is 0. The number of methoxy groups -OCH3 is 1. The van der Waals surface area contributed by atoms with Gasteiger partial charge in [-0.2, -0.15) is 0 Å². The number of anilines is 1. The molecule has 0 aliphatic carbocycles. The molecule has 1 aliphatic rings. The fourth-order valence-electron chi connectivity index (χ4n) is 2.85. The Bertz CT molecular complexity index is 921. The molecule has 0 bridgehead atoms. The lowest BCUT2D eigenvalue weighted by molar-refractivity contribution is -0.118. The fraction of sp³-hybridized carbons (Fsp3) is 0.211. The van der Waals surface area contributed by atoms with Gasteiger partial charge in [0, 0.05) is 11.1 Å². The third-order valence-electron chi connectivity index (χ3n) is 4.13. The van der Waals surface area contributed by atoms with E-state index in [-0.39, 0.29) is 18.1 Å². The Kier molecular flexibility index (Phi) is 5.08. The minimum Gasteiger partial charge on any atom is -0.497 e. The molecular formula is C19H18FNO4S. The number of halogens is 1. The van der Waals surface area contributed by atoms with E-state index in [0.717, 1.165) is 11.0 Å². The van der Waals surface area contributed by atoms with E-state index in [1.54, 1.807) is 31.4 Å². The second-order valence-electron chi connectivity index (χ2n) is 5.99. The highest BCUT2D eigenvalue weighted by Gasteiger charge is 2.31. The molecule has 2 aromatic carbocycles. The summed E-state index contributed by atoms with van der Waals surface area (Å²) in [4.78, 5) is 14.3. The van der Waals surface area contributed by atoms with Crippen LogP contribution in [0.4, 0.5) is 10.1 Å². The molecule has 3 rings (SSSR count). The van der Waals surface area contributed by atoms with Crippen LogP contribution in [0.15, 0.2) is 60.0 Å². The maximum atomic E-state index is 13.2. The number of ether oxygens (including phenoxy) is 1. The number of sulfone groups is 1. The van der Waals surface area contributed by atoms with Gasteiger partial charge >= 0.3 is 0 Å². The largest absolute Gasteiger partial charge is 0.497 e. The first kappa shape index (κ1) is 18.1. The van der Waals surface area contributed by atoms with Gasteiger partial charge < -0.3 is 9.64 Å². The van der Waals surface area contributed by atoms with Crippen molar-refractivity contribution in [3.05, 3.63) is 71.4 Å². The monoisotopic (exact) mass is 375 g/mol. The van der Waals surface area contributed by atoms with Gasteiger partial charge in [0.05, 0.1) is 25.3 Å². The summed E-state index contributed by atoms with van der Waals surface area (Å²) in [6, 6.07) is 11.9. The highest BCUT2D eigenvalue weighted by Crippen LogP contribution is 2.24. The van der Waals surface area contributed by atoms with E-state index in [2.05, 4.69) is 0 Å². The van der Waals surface area contributed by atoms with E-state index < -0.39 is 21.7 Å². The number of rotatable bonds is 5. The Hall–Kier alpha value is -2.67. The predicted molar refractivity (Wildman–Crippen MR) is 97.3 cm³/mol. The normalized spacial score (nSPS) is 17.8. The van der Waals surface area contributed by atoms with Crippen molar-refractivity contribution < 1.29 is 22.3 Å². The zero-order valence-electron chi connectivity index (χ0n) is 14.1. The van der Waals surface area contributed by atoms with Crippen molar-refractivity contribution in [1.29, 1.82) is 0 Å². The summed E-state index contributed by atoms with van der Waals surface area (Å²) in [6.45, 7) is 0. The Morgan fingerprint density at radius 3 is 2.35 bits per heavy atom. The number of carbonyl (C=O) groups excluding carboxylic acids is 1. The minimum absolute atomic E-state index is 0.0890. The smallest absolute Gasteiger partial charge is 0.231 e. The number of hydrogen-bond acceptors (Lipinski definition) is 4. The quantitative estimate of drug-likeness (QED) is 0.806. The maximum Gasteiger partial charge on any atom is 0.231 e. The lowest BCUT2D eigenvalue weighted by atomic mass is 10.1. The van der Waals surface area contributed by atoms with E-state index in [9.17, 15) is 17.6 Å². The van der Waals surface area contributed by atoms with Gasteiger partial charge in [0.15, 0.2) is 9.84 Å². The zero-order chi connectivity index (χ0) is 18.7. The Labute approximate surface area is 151 Å². The van der Waals surface area contributed by atoms with Crippen LogP contribution in [0.3, 0.4) is 0 Å². The van der Waals surface area contributed by atoms with E-state index in [4.69, 9.17) is 4.74 Å². The first-order valence-corrected chi connectivity index (χ1v) is 9.71. The molecule has 0 N–H and O–H groups in total. The van der Waals surface area contributed by atoms with Crippen molar-refractivity contribution in [2.75, 3.05) is 17.8 Å². The average molecular weight is 375 g/mol. The highest BCUT2D eigenvalue weighted by molar-refractivity contribution is 7.94. The van der Waals surface area contributed by atoms with Gasteiger partial charge in [-0.05, 0) is 48.0 Å². The first-order valence-electron chi connectivity index (χ1n) is 7.99. The lowest BCUT2D eigenvalue weighted by Gasteiger charge is -2.28. The third-order valence-corrected chi connectivity index (χ3v) is 5.51. The van der Waals surface area contributed by atoms with Crippen molar-refractivity contribution in [3.63, 3.8) is 0 Å². The van der Waals surface area contributed by atoms with E-state index in [0.29, 0.717) is 11.4 Å². The first-order chi connectivity index (χ1) is 12.4. The average Bonchev–Trinajstić information content (AvgIpc) is 2.97. The van der Waals surface area contributed by atoms with Crippen LogP contribution in [0.2, 0.25) is 0 Å². The van der Waals surface area contributed by atoms with Crippen molar-refractivity contribution >= 4 is 21.4 Å². The molecule has 1 atom stereocenters. The molecule has 5 nitrogen and oxygen atoms in total. The molecule has 136 valence electrons. The van der Waals surface area contributed by atoms with Crippen LogP contribution >= 0.6 is 0 Å². The molecule has 1 amide bonds. The summed E-state index contributed by atoms with van der Waals surface area (Å²) < 4.78 is 41.9. The topological polar surface area (TPSA) is 63.7 Å². The zero-order valence-corrected chi connectivity index (χ0v) is 14.9. The summed E-state index contributed by atoms with van der Waals surface area (Å²) in [5.74, 6) is -0.195. The summed E-state index contributed by atoms with van der Waals surface area (Å²) in [5.41, 5.74) is 1.23. The van der Waals surface area contributed by atoms with Crippen molar-refractivity contribution in [3.8, 4) is 5.75 Å². The number of benzene rings is 2. The van der Waals surface area contributed by atoms with Crippen LogP contribution in [0, 0.1) is 5.82 Å². The van der Waals surface area contributed by atoms with Crippen LogP contribution in [-0.2, 0) is 21.1 Å². The van der Waals surface area contributed by atoms with E-state index in [1.165, 1.54) is 35.2 Å². The van der Waals surface area contributed by atoms with Crippen LogP contribution in [0.1, 0.15) is 5.56 Å². The molecule has 0 radical (unpaired) electrons. The molecule has 26 heavy (non-hydrogen) atoms. The van der Waals surface area contributed by atoms with Crippen LogP contribution in [0.25, 0.3) is 0 Å². The maximum absolute atomic E-state index is 13.2. The Balaban J connectivity index is 1.88. The predicted octanol–water partition coefficient (Wildman–Crippen LogP) is 2.72. The van der Waals surface area contributed by atoms with Crippen LogP contribution < -0.4 is 9.64 Å². The highest BCUT2D eigenvalue weighted by atomic mass is 32.2. The number of carbonyl (C=O) groups is 1. The Morgan fingerprint density at radius 2 is 1.81 bits per heavy atom. The summed E-state index contributed by atoms with van der Waals surface area (Å²) in [5, 5.41) is 1.12. The second kappa shape index (κ2) is 7.29. The molecule has 7 heteroatoms. The molecular weight excluding hydrogens is 357 g/mol. The van der Waals surface area contributed by atoms with Crippen molar-refractivity contribution in [2.45, 2.75) is 12.5 Å². The van der Waals surface area contributed by atoms with Gasteiger partial charge in [0.1, 0.15) is 11.6 Å². The molecule has 2 aromatic rings. The number of hydrogen-bond donors (Lipinski definition) is 0. The second-order valence-corrected chi connectivity index (χ2v) is 7.92. The van der Waals surface area contributed by atoms with E-state index in [1.807, 2.05) is 0 Å². The van der Waals surface area contributed by atoms with Crippen molar-refractivity contribution in [1.82, 2.24) is 0 Å². The number of nitrogens with zero attached hydrogens (tertiary/aromatic N) is 1. The van der Waals surface area contributed by atoms with Gasteiger partial charge in [-0.15, -0.1) is 0 Å². The summed E-state index contributed by atoms with van der Waals surface area (Å²) in [6.07, 6.45) is 1.58. The molecule has 0 fully saturated rings. The number of amides is 1. The Morgan fingerprint density at radius 1 is 1.15 bits per heavy atom. The van der Waals surface area contributed by atoms with Crippen LogP contribution in [0.5, 0.6) is 5.75 Å². The molecule has 0 aromatic heterocycles. The SMILES string of the molecule is COc1ccc(CC(=O)N(c2ccc(F)cc2)C2C=CS(=O)(=O)C2)cc1. The van der Waals surface area contributed by atoms with Gasteiger partial charge in [-0.3, -0.25) is 4.79 Å². The molecule has 1 heterocycles. The third kappa shape index (κ3) is 4.11. The molecule has 0 saturated carbocycles. The lowest BCUT2D eigenvalue weighted by Crippen LogP contribution is -2.42. The molecule has 0 spiro atoms. The standard InChI is InChI=1S/C19H18FNO4S/c1-25-18-8-2-14(3-9-18)12-19(22)21(16-6-4-15(20)5-7-16)17-10-11-26(23,24)13-17/h2-11,17H,12-13H2,1H3. The van der Waals surface area contributed by atoms with Crippen LogP contribution in [-0.4, -0.2) is 33.2 Å². The molecule has 1 unspecified atom stereocenters. The summed E-state index contributed by atoms with van der Waals surface area (Å²) in [7, 11) is -1.78. The van der Waals surface area contributed by atoms with Gasteiger partial charge in [0.2, 0.25) is 5.91 Å². The molecule has 0 saturated heterocycles. The van der Waals surface area contributed by atoms with E-state index >= 15 is 0 Å². The minimum atomic E-state index is -3.34. The fourth-order valence-corrected chi connectivity index (χ4v) is 4.11. The van der Waals surface area contributed by atoms with Crippen molar-refractivity contribution in [2.24, 2.45) is 0 Å². The van der Waals surface area contributed by atoms with Gasteiger partial charge in [-0.1, -0.05) is 12.1 Å². The van der Waals surface area contributed by atoms with Gasteiger partial charge in [-0.25, -0.2) is 12.8 Å².